The molecule has 2 aromatic rings. The van der Waals surface area contributed by atoms with E-state index >= 15 is 0 Å². The monoisotopic (exact) mass is 302 g/mol. The average Bonchev–Trinajstić information content (AvgIpc) is 2.93. The number of benzene rings is 1. The summed E-state index contributed by atoms with van der Waals surface area (Å²) in [5.41, 5.74) is 2.89. The summed E-state index contributed by atoms with van der Waals surface area (Å²) in [5.74, 6) is 2.46. The Morgan fingerprint density at radius 2 is 2.14 bits per heavy atom. The number of nitrogens with zero attached hydrogens (tertiary/aromatic N) is 3. The van der Waals surface area contributed by atoms with E-state index in [0.29, 0.717) is 11.5 Å². The van der Waals surface area contributed by atoms with Crippen molar-refractivity contribution in [2.75, 3.05) is 16.8 Å². The van der Waals surface area contributed by atoms with Gasteiger partial charge in [0.05, 0.1) is 6.54 Å². The van der Waals surface area contributed by atoms with E-state index in [-0.39, 0.29) is 0 Å². The average molecular weight is 302 g/mol. The fourth-order valence-electron chi connectivity index (χ4n) is 2.80. The number of aromatic nitrogens is 3. The quantitative estimate of drug-likeness (QED) is 0.941. The van der Waals surface area contributed by atoms with Crippen molar-refractivity contribution in [2.45, 2.75) is 32.9 Å². The van der Waals surface area contributed by atoms with Crippen LogP contribution in [-0.2, 0) is 6.54 Å². The van der Waals surface area contributed by atoms with Crippen LogP contribution >= 0.6 is 11.8 Å². The second kappa shape index (κ2) is 6.10. The highest BCUT2D eigenvalue weighted by molar-refractivity contribution is 7.99. The van der Waals surface area contributed by atoms with E-state index in [2.05, 4.69) is 65.3 Å². The summed E-state index contributed by atoms with van der Waals surface area (Å²) in [4.78, 5) is 3.96. The minimum Gasteiger partial charge on any atom is -0.381 e. The molecule has 1 aromatic heterocycles. The van der Waals surface area contributed by atoms with Gasteiger partial charge < -0.3 is 5.32 Å². The summed E-state index contributed by atoms with van der Waals surface area (Å²) >= 11 is 2.05. The number of nitrogens with one attached hydrogen (secondary N) is 1. The van der Waals surface area contributed by atoms with Gasteiger partial charge >= 0.3 is 0 Å². The van der Waals surface area contributed by atoms with Gasteiger partial charge in [-0.25, -0.2) is 9.67 Å². The number of rotatable bonds is 4. The van der Waals surface area contributed by atoms with Crippen LogP contribution in [0.4, 0.5) is 5.69 Å². The van der Waals surface area contributed by atoms with Crippen LogP contribution in [0, 0.1) is 5.41 Å². The van der Waals surface area contributed by atoms with Crippen LogP contribution in [0.2, 0.25) is 0 Å². The van der Waals surface area contributed by atoms with Crippen LogP contribution in [0.3, 0.4) is 0 Å². The molecule has 0 saturated carbocycles. The lowest BCUT2D eigenvalue weighted by Crippen LogP contribution is -2.35. The van der Waals surface area contributed by atoms with Crippen LogP contribution in [-0.4, -0.2) is 32.3 Å². The first kappa shape index (κ1) is 14.4. The predicted molar refractivity (Wildman–Crippen MR) is 88.7 cm³/mol. The molecular weight excluding hydrogens is 280 g/mol. The molecule has 0 aliphatic carbocycles. The van der Waals surface area contributed by atoms with Crippen molar-refractivity contribution in [2.24, 2.45) is 5.41 Å². The van der Waals surface area contributed by atoms with Crippen molar-refractivity contribution < 1.29 is 0 Å². The van der Waals surface area contributed by atoms with Crippen molar-refractivity contribution in [3.05, 3.63) is 42.5 Å². The molecule has 1 aliphatic heterocycles. The minimum absolute atomic E-state index is 0.438. The largest absolute Gasteiger partial charge is 0.381 e. The molecule has 21 heavy (non-hydrogen) atoms. The van der Waals surface area contributed by atoms with E-state index in [9.17, 15) is 0 Å². The SMILES string of the molecule is CC1(C)CSCC(Nc2ccc(Cn3cncn3)cc2)C1. The van der Waals surface area contributed by atoms with Crippen molar-refractivity contribution in [1.82, 2.24) is 14.8 Å². The summed E-state index contributed by atoms with van der Waals surface area (Å²) < 4.78 is 1.84. The first-order chi connectivity index (χ1) is 10.1. The molecule has 0 spiro atoms. The van der Waals surface area contributed by atoms with Crippen molar-refractivity contribution in [3.8, 4) is 0 Å². The minimum atomic E-state index is 0.438. The summed E-state index contributed by atoms with van der Waals surface area (Å²) in [5, 5.41) is 7.80. The van der Waals surface area contributed by atoms with Gasteiger partial charge in [-0.15, -0.1) is 0 Å². The zero-order valence-corrected chi connectivity index (χ0v) is 13.4. The fraction of sp³-hybridized carbons (Fsp3) is 0.500. The van der Waals surface area contributed by atoms with Gasteiger partial charge in [-0.05, 0) is 35.3 Å². The van der Waals surface area contributed by atoms with Crippen molar-refractivity contribution >= 4 is 17.4 Å². The van der Waals surface area contributed by atoms with Gasteiger partial charge in [-0.2, -0.15) is 16.9 Å². The maximum Gasteiger partial charge on any atom is 0.137 e. The van der Waals surface area contributed by atoms with Gasteiger partial charge in [0.2, 0.25) is 0 Å². The van der Waals surface area contributed by atoms with E-state index in [1.165, 1.54) is 29.2 Å². The number of hydrogen-bond acceptors (Lipinski definition) is 4. The molecule has 1 aliphatic rings. The first-order valence-electron chi connectivity index (χ1n) is 7.36. The molecular formula is C16H22N4S. The molecule has 1 aromatic carbocycles. The second-order valence-corrected chi connectivity index (χ2v) is 7.54. The number of hydrogen-bond donors (Lipinski definition) is 1. The topological polar surface area (TPSA) is 42.7 Å². The lowest BCUT2D eigenvalue weighted by Gasteiger charge is -2.35. The molecule has 1 atom stereocenters. The van der Waals surface area contributed by atoms with Gasteiger partial charge in [-0.3, -0.25) is 0 Å². The standard InChI is InChI=1S/C16H22N4S/c1-16(2)7-15(9-21-10-16)19-14-5-3-13(4-6-14)8-20-12-17-11-18-20/h3-6,11-12,15,19H,7-10H2,1-2H3. The Morgan fingerprint density at radius 1 is 1.33 bits per heavy atom. The molecule has 4 nitrogen and oxygen atoms in total. The molecule has 1 N–H and O–H groups in total. The summed E-state index contributed by atoms with van der Waals surface area (Å²) in [6.07, 6.45) is 4.55. The highest BCUT2D eigenvalue weighted by atomic mass is 32.2. The zero-order chi connectivity index (χ0) is 14.7. The Bertz CT molecular complexity index is 562. The molecule has 1 saturated heterocycles. The highest BCUT2D eigenvalue weighted by Crippen LogP contribution is 2.34. The molecule has 0 bridgehead atoms. The van der Waals surface area contributed by atoms with Crippen molar-refractivity contribution in [1.29, 1.82) is 0 Å². The lowest BCUT2D eigenvalue weighted by atomic mass is 9.88. The molecule has 0 amide bonds. The summed E-state index contributed by atoms with van der Waals surface area (Å²) in [6, 6.07) is 9.22. The Labute approximate surface area is 130 Å². The predicted octanol–water partition coefficient (Wildman–Crippen LogP) is 3.27. The molecule has 112 valence electrons. The lowest BCUT2D eigenvalue weighted by molar-refractivity contribution is 0.358. The molecule has 1 unspecified atom stereocenters. The second-order valence-electron chi connectivity index (χ2n) is 6.51. The summed E-state index contributed by atoms with van der Waals surface area (Å²) in [7, 11) is 0. The Hall–Kier alpha value is -1.49. The highest BCUT2D eigenvalue weighted by Gasteiger charge is 2.28. The Kier molecular flexibility index (Phi) is 4.19. The normalized spacial score (nSPS) is 21.1. The van der Waals surface area contributed by atoms with Gasteiger partial charge in [0.25, 0.3) is 0 Å². The van der Waals surface area contributed by atoms with Gasteiger partial charge in [-0.1, -0.05) is 26.0 Å². The zero-order valence-electron chi connectivity index (χ0n) is 12.6. The van der Waals surface area contributed by atoms with Crippen LogP contribution < -0.4 is 5.32 Å². The van der Waals surface area contributed by atoms with Gasteiger partial charge in [0.15, 0.2) is 0 Å². The first-order valence-corrected chi connectivity index (χ1v) is 8.52. The van der Waals surface area contributed by atoms with Gasteiger partial charge in [0, 0.05) is 17.5 Å². The van der Waals surface area contributed by atoms with Gasteiger partial charge in [0.1, 0.15) is 12.7 Å². The maximum absolute atomic E-state index is 4.13. The van der Waals surface area contributed by atoms with Crippen LogP contribution in [0.25, 0.3) is 0 Å². The smallest absolute Gasteiger partial charge is 0.137 e. The molecule has 0 radical (unpaired) electrons. The fourth-order valence-corrected chi connectivity index (χ4v) is 4.07. The number of thioether (sulfide) groups is 1. The van der Waals surface area contributed by atoms with Crippen LogP contribution in [0.15, 0.2) is 36.9 Å². The van der Waals surface area contributed by atoms with E-state index < -0.39 is 0 Å². The van der Waals surface area contributed by atoms with E-state index in [1.54, 1.807) is 12.7 Å². The molecule has 5 heteroatoms. The third kappa shape index (κ3) is 4.00. The van der Waals surface area contributed by atoms with Crippen LogP contribution in [0.1, 0.15) is 25.8 Å². The van der Waals surface area contributed by atoms with E-state index in [4.69, 9.17) is 0 Å². The molecule has 2 heterocycles. The summed E-state index contributed by atoms with van der Waals surface area (Å²) in [6.45, 7) is 5.48. The Morgan fingerprint density at radius 3 is 2.81 bits per heavy atom. The molecule has 3 rings (SSSR count). The number of anilines is 1. The Balaban J connectivity index is 1.59. The molecule has 1 fully saturated rings. The van der Waals surface area contributed by atoms with E-state index in [0.717, 1.165) is 6.54 Å². The third-order valence-corrected chi connectivity index (χ3v) is 5.37. The van der Waals surface area contributed by atoms with Crippen molar-refractivity contribution in [3.63, 3.8) is 0 Å². The van der Waals surface area contributed by atoms with E-state index in [1.807, 2.05) is 4.68 Å². The third-order valence-electron chi connectivity index (χ3n) is 3.75. The van der Waals surface area contributed by atoms with Crippen LogP contribution in [0.5, 0.6) is 0 Å². The maximum atomic E-state index is 4.13.